The molecule has 54 nitrogen and oxygen atoms in total. The molecule has 6 rings (SSSR count). The van der Waals surface area contributed by atoms with Gasteiger partial charge >= 0.3 is 24.1 Å². The summed E-state index contributed by atoms with van der Waals surface area (Å²) in [5.74, 6) is -19.7. The monoisotopic (exact) mass is 2110 g/mol. The van der Waals surface area contributed by atoms with E-state index in [1.165, 1.54) is 48.5 Å². The largest absolute Gasteiger partial charge is 0.508 e. The molecule has 148 heavy (non-hydrogen) atoms. The molecular weight excluding hydrogens is 1970 g/mol. The number of unbranched alkanes of at least 4 members (excludes halogenated alkanes) is 1. The van der Waals surface area contributed by atoms with Crippen molar-refractivity contribution in [3.8, 4) is 11.5 Å². The molecule has 0 unspecified atom stereocenters. The van der Waals surface area contributed by atoms with Crippen molar-refractivity contribution < 1.29 is 102 Å². The number of urea groups is 3. The lowest BCUT2D eigenvalue weighted by atomic mass is 10.00. The summed E-state index contributed by atoms with van der Waals surface area (Å²) in [6.45, 7) is 0.301. The van der Waals surface area contributed by atoms with Crippen LogP contribution in [0.2, 0.25) is 0 Å². The number of carbonyl (C=O) groups is 18. The van der Waals surface area contributed by atoms with Gasteiger partial charge in [0.25, 0.3) is 0 Å². The molecule has 0 bridgehead atoms. The number of phenolic OH excluding ortho intramolecular Hbond substituents is 2. The van der Waals surface area contributed by atoms with Crippen LogP contribution in [-0.2, 0) is 91.2 Å². The average molecular weight is 2110 g/mol. The van der Waals surface area contributed by atoms with E-state index in [9.17, 15) is 44.1 Å². The number of aromatic hydroxyl groups is 2. The van der Waals surface area contributed by atoms with Crippen LogP contribution in [0.15, 0.2) is 91.0 Å². The van der Waals surface area contributed by atoms with Gasteiger partial charge in [0, 0.05) is 90.0 Å². The Morgan fingerprint density at radius 3 is 1.23 bits per heavy atom. The molecule has 2 aliphatic heterocycles. The van der Waals surface area contributed by atoms with Crippen molar-refractivity contribution in [1.82, 2.24) is 111 Å². The lowest BCUT2D eigenvalue weighted by Gasteiger charge is -2.31. The van der Waals surface area contributed by atoms with E-state index in [4.69, 9.17) is 67.5 Å². The fourth-order valence-electron chi connectivity index (χ4n) is 15.9. The number of carbonyl (C=O) groups excluding carboxylic acids is 17. The molecule has 0 spiro atoms. The van der Waals surface area contributed by atoms with Crippen molar-refractivity contribution in [2.24, 2.45) is 45.9 Å². The van der Waals surface area contributed by atoms with Gasteiger partial charge in [0.2, 0.25) is 82.7 Å². The summed E-state index contributed by atoms with van der Waals surface area (Å²) >= 11 is 0. The van der Waals surface area contributed by atoms with Crippen LogP contribution >= 0.6 is 21.6 Å². The maximum atomic E-state index is 16.1. The number of amides is 20. The predicted octanol–water partition coefficient (Wildman–Crippen LogP) is -6.40. The van der Waals surface area contributed by atoms with E-state index < -0.39 is 240 Å². The number of guanidine groups is 4. The molecule has 0 aliphatic carbocycles. The molecule has 20 amide bonds. The second kappa shape index (κ2) is 64.3. The van der Waals surface area contributed by atoms with Crippen molar-refractivity contribution in [2.75, 3.05) is 70.4 Å². The first kappa shape index (κ1) is 121. The molecule has 43 N–H and O–H groups in total. The molecule has 4 aromatic carbocycles. The van der Waals surface area contributed by atoms with Gasteiger partial charge < -0.3 is 172 Å². The summed E-state index contributed by atoms with van der Waals surface area (Å²) in [5.41, 5.74) is 45.6. The van der Waals surface area contributed by atoms with Gasteiger partial charge in [-0.1, -0.05) is 88.3 Å². The standard InChI is InChI=1S/C92H141N33O21S2/c1-50(126)112-58(17-6-36-105-86(94)95)72(129)114-62(19-8-38-107-88(98)99)76(133)120-68(47-53-25-30-54-14-2-3-15-55(54)44-53)80(137)124-70-49-148-147-48-69(81(138)119-65(85(142)143)23-12-39-108-89(100)101)123-77(134)63(21-10-41-110-91(103)145)115-74(131)60(18-7-37-106-87(96)97)117-79(136)67(46-52-28-33-57(128)34-29-52)122-83(140)71-24-13-43-125(71)84(141)64(22-11-42-111-92(104)146)118-75(132)59(16-4-5-35-93)113-73(130)61(20-9-40-109-90(102)144)116-78(135)66(121-82(70)139)45-51-26-31-56(127)32-27-51/h2-3,14-15,25-34,44,58-71,127-128H,4-13,16-24,35-43,45-49,93H2,1H3,(H,112,126)(H,113,130)(H,114,129)(H,115,131)(H,116,135)(H,117,136)(H,118,132)(H,119,138)(H,120,133)(H,121,139)(H,122,140)(H,123,134)(H,124,137)(H,142,143)(H4,94,95,105)(H4,96,97,106)(H4,98,99,107)(H4,100,101,108)(H3,102,109,144)(H3,103,110,145)(H3,104,111,146)/t58-,59-,60-,61-,62-,63-,64+,65-,66-,67-,68-,69-,70-,71-/m0/s1. The summed E-state index contributed by atoms with van der Waals surface area (Å²) in [4.78, 5) is 264. The number of carboxylic acid groups (broad SMARTS) is 1. The smallest absolute Gasteiger partial charge is 0.326 e. The second-order valence-corrected chi connectivity index (χ2v) is 37.8. The lowest BCUT2D eigenvalue weighted by molar-refractivity contribution is -0.142. The Balaban J connectivity index is 1.64. The molecule has 56 heteroatoms. The summed E-state index contributed by atoms with van der Waals surface area (Å²) in [7, 11) is 1.40. The lowest BCUT2D eigenvalue weighted by Crippen LogP contribution is -2.61. The van der Waals surface area contributed by atoms with Crippen LogP contribution in [0.1, 0.15) is 146 Å². The number of phenols is 2. The van der Waals surface area contributed by atoms with E-state index in [1.54, 1.807) is 42.5 Å². The SMILES string of the molecule is CC(=O)N[C@@H](CCCNC(=N)N)C(=O)N[C@@H](CCCNC(=N)N)C(=O)N[C@@H](Cc1ccc2ccccc2c1)C(=O)N[C@H]1CSSC[C@@H](C(=O)N[C@@H](CCCNC(=N)N)C(=O)O)NC(=O)[C@H](CCCNC(N)=O)NC(=O)[C@H](CCCNC(=N)N)NC(=O)[C@H](Cc2ccc(O)cc2)NC(=O)[C@@H]2CCCN2C(=O)[C@@H](CCCNC(N)=O)NC(=O)[C@H](CCCCN)NC(=O)[C@H](CCCNC(N)=O)NC(=O)[C@H](Cc2ccc(O)cc2)NC1=O. The minimum atomic E-state index is -1.96. The van der Waals surface area contributed by atoms with Crippen molar-refractivity contribution in [1.29, 1.82) is 21.6 Å². The Morgan fingerprint density at radius 2 is 0.784 bits per heavy atom. The van der Waals surface area contributed by atoms with Crippen LogP contribution in [0, 0.1) is 21.6 Å². The van der Waals surface area contributed by atoms with E-state index in [1.807, 2.05) is 0 Å². The van der Waals surface area contributed by atoms with Gasteiger partial charge in [-0.2, -0.15) is 0 Å². The number of nitrogens with one attached hydrogen (secondary N) is 24. The molecule has 2 aliphatic rings. The molecule has 812 valence electrons. The minimum Gasteiger partial charge on any atom is -0.508 e. The van der Waals surface area contributed by atoms with E-state index in [2.05, 4.69) is 106 Å². The van der Waals surface area contributed by atoms with Crippen molar-refractivity contribution in [2.45, 2.75) is 233 Å². The highest BCUT2D eigenvalue weighted by molar-refractivity contribution is 8.76. The minimum absolute atomic E-state index is 0.0108. The maximum Gasteiger partial charge on any atom is 0.326 e. The van der Waals surface area contributed by atoms with Gasteiger partial charge in [0.05, 0.1) is 0 Å². The van der Waals surface area contributed by atoms with Crippen molar-refractivity contribution in [3.63, 3.8) is 0 Å². The number of nitrogens with two attached hydrogens (primary N) is 8. The predicted molar refractivity (Wildman–Crippen MR) is 549 cm³/mol. The van der Waals surface area contributed by atoms with Gasteiger partial charge in [-0.3, -0.25) is 88.8 Å². The number of nitrogens with zero attached hydrogens (tertiary/aromatic N) is 1. The molecule has 2 saturated heterocycles. The number of primary amides is 3. The van der Waals surface area contributed by atoms with Crippen LogP contribution in [-0.4, -0.2) is 306 Å². The second-order valence-electron chi connectivity index (χ2n) is 35.2. The first-order valence-corrected chi connectivity index (χ1v) is 50.8. The Hall–Kier alpha value is -15.7. The van der Waals surface area contributed by atoms with Crippen LogP contribution < -0.4 is 152 Å². The molecule has 14 atom stereocenters. The highest BCUT2D eigenvalue weighted by Crippen LogP contribution is 2.27. The fraction of sp³-hybridized carbons (Fsp3) is 0.522. The van der Waals surface area contributed by atoms with Crippen molar-refractivity contribution >= 4 is 163 Å². The summed E-state index contributed by atoms with van der Waals surface area (Å²) < 4.78 is 0. The molecule has 0 radical (unpaired) electrons. The van der Waals surface area contributed by atoms with E-state index in [0.29, 0.717) is 38.1 Å². The molecular formula is C92H141N33O21S2. The van der Waals surface area contributed by atoms with Crippen LogP contribution in [0.5, 0.6) is 11.5 Å². The topological polar surface area (TPSA) is 915 Å². The Kier molecular flexibility index (Phi) is 52.5. The molecule has 2 fully saturated rings. The third kappa shape index (κ3) is 45.3. The molecule has 4 aromatic rings. The van der Waals surface area contributed by atoms with E-state index in [0.717, 1.165) is 17.2 Å². The van der Waals surface area contributed by atoms with Crippen LogP contribution in [0.3, 0.4) is 0 Å². The molecule has 0 aromatic heterocycles. The third-order valence-electron chi connectivity index (χ3n) is 23.4. The zero-order chi connectivity index (χ0) is 109. The third-order valence-corrected chi connectivity index (χ3v) is 25.9. The van der Waals surface area contributed by atoms with Gasteiger partial charge in [0.1, 0.15) is 96.1 Å². The number of fused-ring (bicyclic) bond motifs is 2. The Labute approximate surface area is 861 Å². The summed E-state index contributed by atoms with van der Waals surface area (Å²) in [6.07, 6.45) is -3.44. The van der Waals surface area contributed by atoms with Gasteiger partial charge in [-0.05, 0) is 180 Å². The highest BCUT2D eigenvalue weighted by atomic mass is 33.1. The van der Waals surface area contributed by atoms with Crippen LogP contribution in [0.25, 0.3) is 10.8 Å². The number of benzene rings is 4. The van der Waals surface area contributed by atoms with Gasteiger partial charge in [-0.15, -0.1) is 0 Å². The first-order valence-electron chi connectivity index (χ1n) is 48.3. The number of rotatable bonds is 48. The molecule has 2 heterocycles. The molecule has 0 saturated carbocycles. The quantitative estimate of drug-likeness (QED) is 0.00846. The maximum absolute atomic E-state index is 16.1. The summed E-state index contributed by atoms with van der Waals surface area (Å²) in [6, 6.07) is -3.86. The van der Waals surface area contributed by atoms with E-state index in [-0.39, 0.29) is 204 Å². The van der Waals surface area contributed by atoms with Gasteiger partial charge in [0.15, 0.2) is 23.8 Å². The van der Waals surface area contributed by atoms with E-state index >= 15 is 57.5 Å². The van der Waals surface area contributed by atoms with Crippen LogP contribution in [0.4, 0.5) is 14.4 Å². The Bertz CT molecular complexity index is 5230. The zero-order valence-electron chi connectivity index (χ0n) is 82.2. The van der Waals surface area contributed by atoms with Crippen molar-refractivity contribution in [3.05, 3.63) is 108 Å². The number of carboxylic acids is 1. The van der Waals surface area contributed by atoms with Gasteiger partial charge in [-0.25, -0.2) is 19.2 Å². The first-order chi connectivity index (χ1) is 70.5. The number of aliphatic carboxylic acids is 1. The fourth-order valence-corrected chi connectivity index (χ4v) is 18.2. The number of hydrogen-bond acceptors (Lipinski definition) is 27. The Morgan fingerprint density at radius 1 is 0.405 bits per heavy atom. The number of hydrogen-bond donors (Lipinski definition) is 35. The normalized spacial score (nSPS) is 19.8. The highest BCUT2D eigenvalue weighted by Gasteiger charge is 2.43. The zero-order valence-corrected chi connectivity index (χ0v) is 83.8. The summed E-state index contributed by atoms with van der Waals surface area (Å²) in [5, 5.41) is 116. The average Bonchev–Trinajstić information content (AvgIpc) is 1.62.